The van der Waals surface area contributed by atoms with Crippen LogP contribution in [0, 0.1) is 0 Å². The molecule has 0 atom stereocenters. The standard InChI is InChI=1S/C23H32N8O3/c1-14(2)31-13-17-19(22(31)33)26-23(30-10-8-29(9-11-30)15(3)32)27-21(17)24-12-18-25-20(28-34-18)16-6-4-5-7-16/h14,16H,4-13H2,1-3H3,(H,24,26,27). The largest absolute Gasteiger partial charge is 0.361 e. The number of fused-ring (bicyclic) bond motifs is 1. The fourth-order valence-corrected chi connectivity index (χ4v) is 4.95. The van der Waals surface area contributed by atoms with Crippen molar-refractivity contribution in [2.24, 2.45) is 0 Å². The van der Waals surface area contributed by atoms with E-state index in [1.807, 2.05) is 23.6 Å². The van der Waals surface area contributed by atoms with Crippen LogP contribution in [0.2, 0.25) is 0 Å². The van der Waals surface area contributed by atoms with Crippen molar-refractivity contribution in [1.82, 2.24) is 29.9 Å². The number of carbonyl (C=O) groups excluding carboxylic acids is 2. The van der Waals surface area contributed by atoms with E-state index in [1.165, 1.54) is 12.8 Å². The molecule has 0 bridgehead atoms. The maximum absolute atomic E-state index is 13.1. The van der Waals surface area contributed by atoms with Crippen molar-refractivity contribution < 1.29 is 14.1 Å². The third kappa shape index (κ3) is 4.30. The zero-order valence-electron chi connectivity index (χ0n) is 20.1. The van der Waals surface area contributed by atoms with E-state index in [2.05, 4.69) is 20.4 Å². The van der Waals surface area contributed by atoms with E-state index in [9.17, 15) is 9.59 Å². The number of piperazine rings is 1. The summed E-state index contributed by atoms with van der Waals surface area (Å²) < 4.78 is 5.49. The van der Waals surface area contributed by atoms with E-state index in [-0.39, 0.29) is 17.9 Å². The first kappa shape index (κ1) is 22.5. The van der Waals surface area contributed by atoms with Crippen molar-refractivity contribution in [2.45, 2.75) is 71.5 Å². The zero-order chi connectivity index (χ0) is 23.8. The number of carbonyl (C=O) groups is 2. The predicted octanol–water partition coefficient (Wildman–Crippen LogP) is 2.16. The lowest BCUT2D eigenvalue weighted by atomic mass is 10.1. The Morgan fingerprint density at radius 1 is 1.12 bits per heavy atom. The summed E-state index contributed by atoms with van der Waals surface area (Å²) in [6.45, 7) is 8.82. The van der Waals surface area contributed by atoms with Gasteiger partial charge >= 0.3 is 0 Å². The summed E-state index contributed by atoms with van der Waals surface area (Å²) >= 11 is 0. The third-order valence-corrected chi connectivity index (χ3v) is 7.03. The van der Waals surface area contributed by atoms with Crippen LogP contribution in [0.15, 0.2) is 4.52 Å². The molecular weight excluding hydrogens is 436 g/mol. The van der Waals surface area contributed by atoms with Crippen molar-refractivity contribution in [1.29, 1.82) is 0 Å². The molecule has 11 nitrogen and oxygen atoms in total. The Kier molecular flexibility index (Phi) is 6.09. The Bertz CT molecular complexity index is 1070. The van der Waals surface area contributed by atoms with Crippen LogP contribution in [0.1, 0.15) is 80.1 Å². The topological polar surface area (TPSA) is 121 Å². The fraction of sp³-hybridized carbons (Fsp3) is 0.652. The minimum absolute atomic E-state index is 0.0574. The molecule has 1 saturated carbocycles. The molecule has 2 aromatic rings. The van der Waals surface area contributed by atoms with E-state index in [4.69, 9.17) is 9.51 Å². The van der Waals surface area contributed by atoms with Gasteiger partial charge in [-0.05, 0) is 26.7 Å². The molecule has 1 saturated heterocycles. The molecule has 0 radical (unpaired) electrons. The van der Waals surface area contributed by atoms with Gasteiger partial charge < -0.3 is 24.5 Å². The molecule has 3 aliphatic rings. The van der Waals surface area contributed by atoms with Gasteiger partial charge in [0, 0.05) is 50.6 Å². The molecule has 4 heterocycles. The first-order valence-corrected chi connectivity index (χ1v) is 12.2. The molecule has 11 heteroatoms. The summed E-state index contributed by atoms with van der Waals surface area (Å²) in [5.41, 5.74) is 1.23. The van der Waals surface area contributed by atoms with Gasteiger partial charge in [0.2, 0.25) is 17.7 Å². The maximum Gasteiger partial charge on any atom is 0.273 e. The highest BCUT2D eigenvalue weighted by Crippen LogP contribution is 2.33. The van der Waals surface area contributed by atoms with Crippen LogP contribution in [0.4, 0.5) is 11.8 Å². The van der Waals surface area contributed by atoms with Crippen molar-refractivity contribution in [3.05, 3.63) is 23.0 Å². The van der Waals surface area contributed by atoms with Crippen LogP contribution in [-0.4, -0.2) is 73.9 Å². The van der Waals surface area contributed by atoms with Gasteiger partial charge in [-0.15, -0.1) is 0 Å². The molecule has 0 spiro atoms. The van der Waals surface area contributed by atoms with Crippen molar-refractivity contribution in [3.8, 4) is 0 Å². The lowest BCUT2D eigenvalue weighted by molar-refractivity contribution is -0.129. The molecule has 34 heavy (non-hydrogen) atoms. The summed E-state index contributed by atoms with van der Waals surface area (Å²) in [6, 6.07) is 0.0574. The van der Waals surface area contributed by atoms with E-state index in [1.54, 1.807) is 11.8 Å². The Labute approximate surface area is 198 Å². The second kappa shape index (κ2) is 9.19. The van der Waals surface area contributed by atoms with Crippen molar-refractivity contribution >= 4 is 23.6 Å². The highest BCUT2D eigenvalue weighted by atomic mass is 16.5. The predicted molar refractivity (Wildman–Crippen MR) is 124 cm³/mol. The van der Waals surface area contributed by atoms with Gasteiger partial charge in [0.05, 0.1) is 13.1 Å². The van der Waals surface area contributed by atoms with E-state index < -0.39 is 0 Å². The van der Waals surface area contributed by atoms with E-state index >= 15 is 0 Å². The SMILES string of the molecule is CC(=O)N1CCN(c2nc(NCc3nc(C4CCCC4)no3)c3c(n2)C(=O)N(C(C)C)C3)CC1. The van der Waals surface area contributed by atoms with Gasteiger partial charge in [0.25, 0.3) is 5.91 Å². The summed E-state index contributed by atoms with van der Waals surface area (Å²) in [5, 5.41) is 7.52. The van der Waals surface area contributed by atoms with Gasteiger partial charge in [0.1, 0.15) is 11.5 Å². The number of anilines is 2. The fourth-order valence-electron chi connectivity index (χ4n) is 4.95. The van der Waals surface area contributed by atoms with Crippen LogP contribution in [0.3, 0.4) is 0 Å². The molecule has 0 aromatic carbocycles. The molecule has 2 aromatic heterocycles. The van der Waals surface area contributed by atoms with Crippen LogP contribution >= 0.6 is 0 Å². The van der Waals surface area contributed by atoms with Crippen LogP contribution < -0.4 is 10.2 Å². The van der Waals surface area contributed by atoms with Gasteiger partial charge in [0.15, 0.2) is 5.82 Å². The number of nitrogens with one attached hydrogen (secondary N) is 1. The second-order valence-corrected chi connectivity index (χ2v) is 9.60. The minimum atomic E-state index is -0.0830. The number of hydrogen-bond acceptors (Lipinski definition) is 9. The highest BCUT2D eigenvalue weighted by Gasteiger charge is 2.35. The Balaban J connectivity index is 1.38. The van der Waals surface area contributed by atoms with Crippen LogP contribution in [0.25, 0.3) is 0 Å². The lowest BCUT2D eigenvalue weighted by Gasteiger charge is -2.34. The minimum Gasteiger partial charge on any atom is -0.361 e. The number of amides is 2. The average molecular weight is 469 g/mol. The van der Waals surface area contributed by atoms with E-state index in [0.717, 1.165) is 24.2 Å². The van der Waals surface area contributed by atoms with Crippen LogP contribution in [-0.2, 0) is 17.9 Å². The molecule has 1 aliphatic carbocycles. The van der Waals surface area contributed by atoms with E-state index in [0.29, 0.717) is 68.5 Å². The Hall–Kier alpha value is -3.24. The Morgan fingerprint density at radius 3 is 2.53 bits per heavy atom. The average Bonchev–Trinajstić information content (AvgIpc) is 3.58. The van der Waals surface area contributed by atoms with Gasteiger partial charge in [-0.2, -0.15) is 9.97 Å². The molecular formula is C23H32N8O3. The third-order valence-electron chi connectivity index (χ3n) is 7.03. The summed E-state index contributed by atoms with van der Waals surface area (Å²) in [4.78, 5) is 44.5. The number of nitrogens with zero attached hydrogens (tertiary/aromatic N) is 7. The van der Waals surface area contributed by atoms with Crippen LogP contribution in [0.5, 0.6) is 0 Å². The first-order chi connectivity index (χ1) is 16.4. The molecule has 2 aliphatic heterocycles. The molecule has 2 fully saturated rings. The van der Waals surface area contributed by atoms with Crippen molar-refractivity contribution in [2.75, 3.05) is 36.4 Å². The number of aromatic nitrogens is 4. The molecule has 1 N–H and O–H groups in total. The summed E-state index contributed by atoms with van der Waals surface area (Å²) in [5.74, 6) is 2.78. The monoisotopic (exact) mass is 468 g/mol. The Morgan fingerprint density at radius 2 is 1.85 bits per heavy atom. The first-order valence-electron chi connectivity index (χ1n) is 12.2. The molecule has 2 amide bonds. The highest BCUT2D eigenvalue weighted by molar-refractivity contribution is 5.98. The summed E-state index contributed by atoms with van der Waals surface area (Å²) in [6.07, 6.45) is 4.64. The maximum atomic E-state index is 13.1. The number of rotatable bonds is 6. The quantitative estimate of drug-likeness (QED) is 0.680. The number of hydrogen-bond donors (Lipinski definition) is 1. The van der Waals surface area contributed by atoms with Gasteiger partial charge in [-0.1, -0.05) is 18.0 Å². The zero-order valence-corrected chi connectivity index (χ0v) is 20.1. The second-order valence-electron chi connectivity index (χ2n) is 9.60. The lowest BCUT2D eigenvalue weighted by Crippen LogP contribution is -2.48. The van der Waals surface area contributed by atoms with Crippen molar-refractivity contribution in [3.63, 3.8) is 0 Å². The summed E-state index contributed by atoms with van der Waals surface area (Å²) in [7, 11) is 0. The molecule has 182 valence electrons. The van der Waals surface area contributed by atoms with Gasteiger partial charge in [-0.3, -0.25) is 9.59 Å². The van der Waals surface area contributed by atoms with Gasteiger partial charge in [-0.25, -0.2) is 4.98 Å². The molecule has 5 rings (SSSR count). The smallest absolute Gasteiger partial charge is 0.273 e. The molecule has 0 unspecified atom stereocenters. The normalized spacial score (nSPS) is 18.8.